The minimum atomic E-state index is 0.403. The van der Waals surface area contributed by atoms with E-state index in [0.717, 1.165) is 31.7 Å². The van der Waals surface area contributed by atoms with E-state index in [4.69, 9.17) is 0 Å². The van der Waals surface area contributed by atoms with E-state index in [1.807, 2.05) is 12.4 Å². The lowest BCUT2D eigenvalue weighted by Crippen LogP contribution is -2.27. The lowest BCUT2D eigenvalue weighted by Gasteiger charge is -2.24. The number of nitrogens with zero attached hydrogens (tertiary/aromatic N) is 2. The summed E-state index contributed by atoms with van der Waals surface area (Å²) in [6, 6.07) is 2.23. The van der Waals surface area contributed by atoms with E-state index in [0.29, 0.717) is 4.75 Å². The zero-order valence-corrected chi connectivity index (χ0v) is 13.1. The summed E-state index contributed by atoms with van der Waals surface area (Å²) in [6.07, 6.45) is 6.26. The summed E-state index contributed by atoms with van der Waals surface area (Å²) in [4.78, 5) is 6.83. The van der Waals surface area contributed by atoms with Crippen molar-refractivity contribution in [3.8, 4) is 0 Å². The van der Waals surface area contributed by atoms with Crippen LogP contribution in [0.4, 0.5) is 11.4 Å². The molecule has 2 rings (SSSR count). The molecule has 1 N–H and O–H groups in total. The molecule has 2 heterocycles. The van der Waals surface area contributed by atoms with Gasteiger partial charge in [0, 0.05) is 30.1 Å². The van der Waals surface area contributed by atoms with Crippen LogP contribution in [-0.2, 0) is 0 Å². The Balaban J connectivity index is 2.04. The smallest absolute Gasteiger partial charge is 0.0573 e. The topological polar surface area (TPSA) is 28.2 Å². The molecule has 1 aliphatic heterocycles. The van der Waals surface area contributed by atoms with Crippen molar-refractivity contribution >= 4 is 23.1 Å². The van der Waals surface area contributed by atoms with Gasteiger partial charge in [-0.2, -0.15) is 11.8 Å². The maximum absolute atomic E-state index is 4.37. The molecule has 0 spiro atoms. The highest BCUT2D eigenvalue weighted by atomic mass is 32.2. The van der Waals surface area contributed by atoms with Crippen molar-refractivity contribution in [1.82, 2.24) is 4.98 Å². The fraction of sp³-hybridized carbons (Fsp3) is 0.667. The van der Waals surface area contributed by atoms with Gasteiger partial charge in [-0.25, -0.2) is 0 Å². The van der Waals surface area contributed by atoms with E-state index in [-0.39, 0.29) is 0 Å². The third-order valence-electron chi connectivity index (χ3n) is 3.51. The molecule has 0 radical (unpaired) electrons. The number of aromatic nitrogens is 1. The third kappa shape index (κ3) is 4.30. The SMILES string of the molecule is CCCNc1cncc(N2CCSC(C)(C)CC2)c1. The van der Waals surface area contributed by atoms with Gasteiger partial charge >= 0.3 is 0 Å². The fourth-order valence-corrected chi connectivity index (χ4v) is 3.35. The first kappa shape index (κ1) is 14.5. The molecule has 0 atom stereocenters. The number of hydrogen-bond acceptors (Lipinski definition) is 4. The second-order valence-electron chi connectivity index (χ2n) is 5.70. The fourth-order valence-electron chi connectivity index (χ4n) is 2.25. The van der Waals surface area contributed by atoms with Gasteiger partial charge in [-0.3, -0.25) is 4.98 Å². The zero-order valence-electron chi connectivity index (χ0n) is 12.3. The monoisotopic (exact) mass is 279 g/mol. The molecule has 3 nitrogen and oxygen atoms in total. The van der Waals surface area contributed by atoms with Gasteiger partial charge in [0.15, 0.2) is 0 Å². The largest absolute Gasteiger partial charge is 0.384 e. The second kappa shape index (κ2) is 6.51. The highest BCUT2D eigenvalue weighted by Gasteiger charge is 2.23. The first-order valence-corrected chi connectivity index (χ1v) is 8.17. The van der Waals surface area contributed by atoms with Gasteiger partial charge in [-0.05, 0) is 18.9 Å². The van der Waals surface area contributed by atoms with E-state index >= 15 is 0 Å². The van der Waals surface area contributed by atoms with Crippen LogP contribution >= 0.6 is 11.8 Å². The number of thioether (sulfide) groups is 1. The molecule has 0 aromatic carbocycles. The van der Waals surface area contributed by atoms with Crippen molar-refractivity contribution in [3.05, 3.63) is 18.5 Å². The van der Waals surface area contributed by atoms with Crippen LogP contribution in [-0.4, -0.2) is 35.1 Å². The summed E-state index contributed by atoms with van der Waals surface area (Å²) in [5, 5.41) is 3.41. The number of hydrogen-bond donors (Lipinski definition) is 1. The van der Waals surface area contributed by atoms with Crippen molar-refractivity contribution < 1.29 is 0 Å². The molecule has 19 heavy (non-hydrogen) atoms. The molecule has 0 aliphatic carbocycles. The predicted octanol–water partition coefficient (Wildman–Crippen LogP) is 3.63. The number of rotatable bonds is 4. The van der Waals surface area contributed by atoms with E-state index in [1.54, 1.807) is 0 Å². The molecule has 1 aromatic rings. The number of anilines is 2. The van der Waals surface area contributed by atoms with Crippen molar-refractivity contribution in [2.75, 3.05) is 35.6 Å². The van der Waals surface area contributed by atoms with Gasteiger partial charge < -0.3 is 10.2 Å². The molecule has 1 saturated heterocycles. The maximum atomic E-state index is 4.37. The standard InChI is InChI=1S/C15H25N3S/c1-4-6-17-13-10-14(12-16-11-13)18-7-5-15(2,3)19-9-8-18/h10-12,17H,4-9H2,1-3H3. The third-order valence-corrected chi connectivity index (χ3v) is 4.88. The lowest BCUT2D eigenvalue weighted by molar-refractivity contribution is 0.637. The van der Waals surface area contributed by atoms with Crippen LogP contribution in [0.25, 0.3) is 0 Å². The van der Waals surface area contributed by atoms with Crippen LogP contribution in [0.15, 0.2) is 18.5 Å². The first-order valence-electron chi connectivity index (χ1n) is 7.18. The van der Waals surface area contributed by atoms with E-state index in [1.165, 1.54) is 17.9 Å². The van der Waals surface area contributed by atoms with Crippen LogP contribution in [0.1, 0.15) is 33.6 Å². The molecule has 0 amide bonds. The molecule has 0 saturated carbocycles. The molecule has 1 aliphatic rings. The second-order valence-corrected chi connectivity index (χ2v) is 7.51. The average molecular weight is 279 g/mol. The molecule has 4 heteroatoms. The minimum Gasteiger partial charge on any atom is -0.384 e. The first-order chi connectivity index (χ1) is 9.11. The summed E-state index contributed by atoms with van der Waals surface area (Å²) in [5.74, 6) is 1.19. The van der Waals surface area contributed by atoms with E-state index in [2.05, 4.69) is 53.8 Å². The van der Waals surface area contributed by atoms with Crippen LogP contribution < -0.4 is 10.2 Å². The Hall–Kier alpha value is -0.900. The average Bonchev–Trinajstić information content (AvgIpc) is 2.58. The molecular formula is C15H25N3S. The highest BCUT2D eigenvalue weighted by Crippen LogP contribution is 2.32. The summed E-state index contributed by atoms with van der Waals surface area (Å²) in [7, 11) is 0. The minimum absolute atomic E-state index is 0.403. The summed E-state index contributed by atoms with van der Waals surface area (Å²) in [6.45, 7) is 10.1. The predicted molar refractivity (Wildman–Crippen MR) is 86.4 cm³/mol. The Kier molecular flexibility index (Phi) is 4.97. The van der Waals surface area contributed by atoms with E-state index in [9.17, 15) is 0 Å². The quantitative estimate of drug-likeness (QED) is 0.911. The van der Waals surface area contributed by atoms with Crippen molar-refractivity contribution in [3.63, 3.8) is 0 Å². The normalized spacial score (nSPS) is 19.0. The lowest BCUT2D eigenvalue weighted by atomic mass is 10.1. The van der Waals surface area contributed by atoms with Gasteiger partial charge in [-0.15, -0.1) is 0 Å². The van der Waals surface area contributed by atoms with Crippen LogP contribution in [0.2, 0.25) is 0 Å². The Morgan fingerprint density at radius 1 is 1.37 bits per heavy atom. The van der Waals surface area contributed by atoms with E-state index < -0.39 is 0 Å². The molecule has 0 bridgehead atoms. The Labute approximate surface area is 121 Å². The maximum Gasteiger partial charge on any atom is 0.0573 e. The Morgan fingerprint density at radius 2 is 2.21 bits per heavy atom. The Bertz CT molecular complexity index is 406. The summed E-state index contributed by atoms with van der Waals surface area (Å²) < 4.78 is 0.403. The number of nitrogens with one attached hydrogen (secondary N) is 1. The van der Waals surface area contributed by atoms with Gasteiger partial charge in [0.25, 0.3) is 0 Å². The van der Waals surface area contributed by atoms with Gasteiger partial charge in [-0.1, -0.05) is 20.8 Å². The van der Waals surface area contributed by atoms with Crippen LogP contribution in [0.3, 0.4) is 0 Å². The van der Waals surface area contributed by atoms with Crippen LogP contribution in [0.5, 0.6) is 0 Å². The zero-order chi connectivity index (χ0) is 13.7. The van der Waals surface area contributed by atoms with Crippen molar-refractivity contribution in [2.24, 2.45) is 0 Å². The van der Waals surface area contributed by atoms with Gasteiger partial charge in [0.2, 0.25) is 0 Å². The van der Waals surface area contributed by atoms with Crippen molar-refractivity contribution in [2.45, 2.75) is 38.4 Å². The molecule has 0 unspecified atom stereocenters. The Morgan fingerprint density at radius 3 is 3.00 bits per heavy atom. The van der Waals surface area contributed by atoms with Gasteiger partial charge in [0.1, 0.15) is 0 Å². The van der Waals surface area contributed by atoms with Gasteiger partial charge in [0.05, 0.1) is 23.8 Å². The van der Waals surface area contributed by atoms with Crippen molar-refractivity contribution in [1.29, 1.82) is 0 Å². The molecule has 1 fully saturated rings. The number of pyridine rings is 1. The van der Waals surface area contributed by atoms with Crippen LogP contribution in [0, 0.1) is 0 Å². The summed E-state index contributed by atoms with van der Waals surface area (Å²) in [5.41, 5.74) is 2.38. The molecule has 106 valence electrons. The molecular weight excluding hydrogens is 254 g/mol. The summed E-state index contributed by atoms with van der Waals surface area (Å²) >= 11 is 2.08. The highest BCUT2D eigenvalue weighted by molar-refractivity contribution is 8.00. The molecule has 1 aromatic heterocycles.